The van der Waals surface area contributed by atoms with E-state index in [1.807, 2.05) is 22.6 Å². The molecule has 0 atom stereocenters. The minimum atomic E-state index is -1.16. The van der Waals surface area contributed by atoms with E-state index in [0.29, 0.717) is 3.57 Å². The predicted molar refractivity (Wildman–Crippen MR) is 65.7 cm³/mol. The molecule has 0 spiro atoms. The van der Waals surface area contributed by atoms with Gasteiger partial charge in [-0.15, -0.1) is 0 Å². The van der Waals surface area contributed by atoms with Crippen LogP contribution in [0.25, 0.3) is 0 Å². The standard InChI is InChI=1S/C10H12INO4/c1-10(2,3)16-9(15)12-5-6(11)4-7(12)8(13)14/h4-5H,1-3H3,(H,13,14). The molecule has 0 aliphatic rings. The first-order chi connectivity index (χ1) is 7.20. The smallest absolute Gasteiger partial charge is 0.419 e. The zero-order chi connectivity index (χ0) is 12.5. The second-order valence-electron chi connectivity index (χ2n) is 4.20. The molecule has 0 bridgehead atoms. The van der Waals surface area contributed by atoms with Crippen LogP contribution < -0.4 is 0 Å². The van der Waals surface area contributed by atoms with Gasteiger partial charge in [-0.2, -0.15) is 0 Å². The van der Waals surface area contributed by atoms with E-state index in [0.717, 1.165) is 4.57 Å². The van der Waals surface area contributed by atoms with Crippen LogP contribution in [0.2, 0.25) is 0 Å². The number of ether oxygens (including phenoxy) is 1. The normalized spacial score (nSPS) is 11.2. The van der Waals surface area contributed by atoms with Crippen LogP contribution in [0.1, 0.15) is 31.3 Å². The summed E-state index contributed by atoms with van der Waals surface area (Å²) >= 11 is 1.94. The summed E-state index contributed by atoms with van der Waals surface area (Å²) in [5.41, 5.74) is -0.749. The number of nitrogens with zero attached hydrogens (tertiary/aromatic N) is 1. The van der Waals surface area contributed by atoms with E-state index in [1.54, 1.807) is 20.8 Å². The van der Waals surface area contributed by atoms with Gasteiger partial charge in [0.05, 0.1) is 0 Å². The summed E-state index contributed by atoms with van der Waals surface area (Å²) in [4.78, 5) is 22.5. The Morgan fingerprint density at radius 3 is 2.44 bits per heavy atom. The highest BCUT2D eigenvalue weighted by atomic mass is 127. The first-order valence-corrected chi connectivity index (χ1v) is 5.63. The van der Waals surface area contributed by atoms with Crippen LogP contribution >= 0.6 is 22.6 Å². The number of carbonyl (C=O) groups excluding carboxylic acids is 1. The van der Waals surface area contributed by atoms with Gasteiger partial charge in [0, 0.05) is 9.77 Å². The number of rotatable bonds is 1. The van der Waals surface area contributed by atoms with E-state index in [4.69, 9.17) is 9.84 Å². The van der Waals surface area contributed by atoms with E-state index in [2.05, 4.69) is 0 Å². The Balaban J connectivity index is 3.04. The number of aromatic nitrogens is 1. The number of carboxylic acid groups (broad SMARTS) is 1. The molecule has 0 saturated carbocycles. The Labute approximate surface area is 107 Å². The van der Waals surface area contributed by atoms with E-state index in [-0.39, 0.29) is 5.69 Å². The number of carbonyl (C=O) groups is 2. The number of aromatic carboxylic acids is 1. The van der Waals surface area contributed by atoms with Crippen molar-refractivity contribution in [3.63, 3.8) is 0 Å². The third-order valence-corrected chi connectivity index (χ3v) is 2.19. The van der Waals surface area contributed by atoms with Crippen molar-refractivity contribution in [2.24, 2.45) is 0 Å². The van der Waals surface area contributed by atoms with Crippen LogP contribution in [0.5, 0.6) is 0 Å². The van der Waals surface area contributed by atoms with E-state index >= 15 is 0 Å². The Morgan fingerprint density at radius 1 is 1.44 bits per heavy atom. The maximum absolute atomic E-state index is 11.7. The molecule has 88 valence electrons. The van der Waals surface area contributed by atoms with E-state index in [9.17, 15) is 9.59 Å². The van der Waals surface area contributed by atoms with Crippen LogP contribution in [0.3, 0.4) is 0 Å². The zero-order valence-electron chi connectivity index (χ0n) is 9.15. The molecule has 0 amide bonds. The first-order valence-electron chi connectivity index (χ1n) is 4.55. The first kappa shape index (κ1) is 13.0. The highest BCUT2D eigenvalue weighted by molar-refractivity contribution is 14.1. The fourth-order valence-corrected chi connectivity index (χ4v) is 1.63. The van der Waals surface area contributed by atoms with Crippen LogP contribution in [-0.4, -0.2) is 27.3 Å². The van der Waals surface area contributed by atoms with Crippen molar-refractivity contribution in [2.75, 3.05) is 0 Å². The van der Waals surface area contributed by atoms with Crippen molar-refractivity contribution in [3.8, 4) is 0 Å². The van der Waals surface area contributed by atoms with Gasteiger partial charge in [-0.3, -0.25) is 0 Å². The lowest BCUT2D eigenvalue weighted by atomic mass is 10.2. The molecule has 0 aliphatic carbocycles. The molecule has 1 rings (SSSR count). The Morgan fingerprint density at radius 2 is 2.00 bits per heavy atom. The second-order valence-corrected chi connectivity index (χ2v) is 5.44. The monoisotopic (exact) mass is 337 g/mol. The number of carboxylic acids is 1. The maximum Gasteiger partial charge on any atom is 0.419 e. The van der Waals surface area contributed by atoms with Crippen molar-refractivity contribution in [2.45, 2.75) is 26.4 Å². The number of hydrogen-bond acceptors (Lipinski definition) is 3. The van der Waals surface area contributed by atoms with Crippen molar-refractivity contribution < 1.29 is 19.4 Å². The van der Waals surface area contributed by atoms with Crippen molar-refractivity contribution >= 4 is 34.7 Å². The minimum absolute atomic E-state index is 0.0985. The van der Waals surface area contributed by atoms with Gasteiger partial charge >= 0.3 is 12.1 Å². The Hall–Kier alpha value is -1.05. The molecule has 0 saturated heterocycles. The second kappa shape index (κ2) is 4.44. The van der Waals surface area contributed by atoms with Gasteiger partial charge in [-0.1, -0.05) is 0 Å². The lowest BCUT2D eigenvalue weighted by molar-refractivity contribution is 0.0505. The molecule has 0 aliphatic heterocycles. The maximum atomic E-state index is 11.7. The summed E-state index contributed by atoms with van der Waals surface area (Å²) in [6.45, 7) is 5.17. The highest BCUT2D eigenvalue weighted by Crippen LogP contribution is 2.15. The van der Waals surface area contributed by atoms with Crippen molar-refractivity contribution in [3.05, 3.63) is 21.5 Å². The van der Waals surface area contributed by atoms with Gasteiger partial charge in [-0.25, -0.2) is 14.2 Å². The van der Waals surface area contributed by atoms with Gasteiger partial charge in [0.2, 0.25) is 0 Å². The molecular formula is C10H12INO4. The molecule has 5 nitrogen and oxygen atoms in total. The molecule has 1 N–H and O–H groups in total. The van der Waals surface area contributed by atoms with Crippen LogP contribution in [0.4, 0.5) is 4.79 Å². The highest BCUT2D eigenvalue weighted by Gasteiger charge is 2.22. The average Bonchev–Trinajstić information content (AvgIpc) is 2.44. The van der Waals surface area contributed by atoms with Gasteiger partial charge in [0.1, 0.15) is 11.3 Å². The molecular weight excluding hydrogens is 325 g/mol. The SMILES string of the molecule is CC(C)(C)OC(=O)n1cc(I)cc1C(=O)O. The summed E-state index contributed by atoms with van der Waals surface area (Å²) in [5.74, 6) is -1.16. The third-order valence-electron chi connectivity index (χ3n) is 1.60. The van der Waals surface area contributed by atoms with Gasteiger partial charge in [0.25, 0.3) is 0 Å². The summed E-state index contributed by atoms with van der Waals surface area (Å²) in [7, 11) is 0. The number of halogens is 1. The molecule has 1 aromatic heterocycles. The molecule has 1 heterocycles. The van der Waals surface area contributed by atoms with Crippen molar-refractivity contribution in [1.82, 2.24) is 4.57 Å². The zero-order valence-corrected chi connectivity index (χ0v) is 11.3. The van der Waals surface area contributed by atoms with Gasteiger partial charge in [-0.05, 0) is 49.4 Å². The van der Waals surface area contributed by atoms with Crippen LogP contribution in [0, 0.1) is 3.57 Å². The molecule has 6 heteroatoms. The fourth-order valence-electron chi connectivity index (χ4n) is 1.06. The van der Waals surface area contributed by atoms with Crippen LogP contribution in [0.15, 0.2) is 12.3 Å². The summed E-state index contributed by atoms with van der Waals surface area (Å²) in [6, 6.07) is 1.41. The molecule has 0 unspecified atom stereocenters. The Bertz CT molecular complexity index is 431. The molecule has 0 radical (unpaired) electrons. The van der Waals surface area contributed by atoms with E-state index < -0.39 is 17.7 Å². The fraction of sp³-hybridized carbons (Fsp3) is 0.400. The van der Waals surface area contributed by atoms with E-state index in [1.165, 1.54) is 12.3 Å². The molecule has 0 fully saturated rings. The predicted octanol–water partition coefficient (Wildman–Crippen LogP) is 2.57. The van der Waals surface area contributed by atoms with Crippen LogP contribution in [-0.2, 0) is 4.74 Å². The lowest BCUT2D eigenvalue weighted by Gasteiger charge is -2.19. The third kappa shape index (κ3) is 3.22. The van der Waals surface area contributed by atoms with Crippen molar-refractivity contribution in [1.29, 1.82) is 0 Å². The molecule has 0 aromatic carbocycles. The molecule has 1 aromatic rings. The van der Waals surface area contributed by atoms with Gasteiger partial charge < -0.3 is 9.84 Å². The summed E-state index contributed by atoms with van der Waals surface area (Å²) < 4.78 is 6.75. The quantitative estimate of drug-likeness (QED) is 0.800. The summed E-state index contributed by atoms with van der Waals surface area (Å²) in [5, 5.41) is 8.89. The van der Waals surface area contributed by atoms with Gasteiger partial charge in [0.15, 0.2) is 0 Å². The Kier molecular flexibility index (Phi) is 3.61. The largest absolute Gasteiger partial charge is 0.477 e. The summed E-state index contributed by atoms with van der Waals surface area (Å²) in [6.07, 6.45) is 0.741. The number of hydrogen-bond donors (Lipinski definition) is 1. The lowest BCUT2D eigenvalue weighted by Crippen LogP contribution is -2.28. The minimum Gasteiger partial charge on any atom is -0.477 e. The topological polar surface area (TPSA) is 68.5 Å². The average molecular weight is 337 g/mol. The molecule has 16 heavy (non-hydrogen) atoms.